The van der Waals surface area contributed by atoms with Crippen molar-refractivity contribution in [2.45, 2.75) is 13.3 Å². The van der Waals surface area contributed by atoms with Crippen LogP contribution in [0.3, 0.4) is 0 Å². The predicted molar refractivity (Wildman–Crippen MR) is 50.2 cm³/mol. The normalized spacial score (nSPS) is 7.18. The van der Waals surface area contributed by atoms with Crippen molar-refractivity contribution >= 4 is 0 Å². The molecule has 0 spiro atoms. The zero-order valence-corrected chi connectivity index (χ0v) is 10.3. The Balaban J connectivity index is -0.0000000817. The van der Waals surface area contributed by atoms with Gasteiger partial charge >= 0.3 is 0 Å². The van der Waals surface area contributed by atoms with Gasteiger partial charge in [-0.3, -0.25) is 6.54 Å². The molecule has 1 nitrogen and oxygen atoms in total. The van der Waals surface area contributed by atoms with Crippen LogP contribution < -0.4 is 0 Å². The molecule has 0 unspecified atom stereocenters. The van der Waals surface area contributed by atoms with Gasteiger partial charge in [0.15, 0.2) is 0 Å². The van der Waals surface area contributed by atoms with Crippen LogP contribution in [0.4, 0.5) is 0 Å². The largest absolute Gasteiger partial charge is 0.459 e. The van der Waals surface area contributed by atoms with Gasteiger partial charge in [0.1, 0.15) is 0 Å². The van der Waals surface area contributed by atoms with Crippen LogP contribution in [0.15, 0.2) is 12.7 Å². The summed E-state index contributed by atoms with van der Waals surface area (Å²) in [6.07, 6.45) is 2.87. The molecule has 74 valence electrons. The molecule has 0 saturated heterocycles. The van der Waals surface area contributed by atoms with Crippen LogP contribution in [0, 0.1) is 21.4 Å². The maximum atomic E-state index is 3.61. The first-order valence-corrected chi connectivity index (χ1v) is 2.95. The Morgan fingerprint density at radius 1 is 1.45 bits per heavy atom. The molecule has 0 amide bonds. The van der Waals surface area contributed by atoms with E-state index in [-0.39, 0.29) is 35.9 Å². The molecule has 0 saturated carbocycles. The van der Waals surface area contributed by atoms with Crippen LogP contribution in [0.25, 0.3) is 0 Å². The average molecular weight is 337 g/mol. The Hall–Kier alpha value is 0.388. The van der Waals surface area contributed by atoms with Crippen LogP contribution in [-0.2, 0) is 21.1 Å². The van der Waals surface area contributed by atoms with Crippen LogP contribution >= 0.6 is 0 Å². The van der Waals surface area contributed by atoms with E-state index in [1.165, 1.54) is 0 Å². The first-order chi connectivity index (χ1) is 3.81. The SMILES string of the molecule is C=CC[CH-]N(C)CC.[CH3-].[CH3-].[Pt]. The first-order valence-electron chi connectivity index (χ1n) is 2.95. The van der Waals surface area contributed by atoms with Crippen molar-refractivity contribution < 1.29 is 21.1 Å². The van der Waals surface area contributed by atoms with Crippen molar-refractivity contribution in [2.24, 2.45) is 0 Å². The second-order valence-electron chi connectivity index (χ2n) is 1.78. The number of rotatable bonds is 4. The first kappa shape index (κ1) is 22.5. The summed E-state index contributed by atoms with van der Waals surface area (Å²) in [6, 6.07) is 0. The van der Waals surface area contributed by atoms with Crippen molar-refractivity contribution in [1.82, 2.24) is 4.90 Å². The van der Waals surface area contributed by atoms with Crippen molar-refractivity contribution in [3.05, 3.63) is 34.1 Å². The van der Waals surface area contributed by atoms with Crippen LogP contribution in [0.2, 0.25) is 0 Å². The minimum absolute atomic E-state index is 0. The van der Waals surface area contributed by atoms with E-state index in [4.69, 9.17) is 0 Å². The van der Waals surface area contributed by atoms with Crippen LogP contribution in [0.5, 0.6) is 0 Å². The summed E-state index contributed by atoms with van der Waals surface area (Å²) in [4.78, 5) is 2.14. The molecule has 2 heteroatoms. The third-order valence-electron chi connectivity index (χ3n) is 1.08. The fourth-order valence-corrected chi connectivity index (χ4v) is 0.384. The minimum Gasteiger partial charge on any atom is -0.459 e. The van der Waals surface area contributed by atoms with E-state index >= 15 is 0 Å². The quantitative estimate of drug-likeness (QED) is 0.563. The molecular weight excluding hydrogens is 317 g/mol. The van der Waals surface area contributed by atoms with Gasteiger partial charge in [-0.15, -0.1) is 19.1 Å². The van der Waals surface area contributed by atoms with E-state index in [1.807, 2.05) is 6.08 Å². The summed E-state index contributed by atoms with van der Waals surface area (Å²) in [6.45, 7) is 8.93. The van der Waals surface area contributed by atoms with E-state index in [0.29, 0.717) is 0 Å². The minimum atomic E-state index is 0. The molecule has 0 aliphatic carbocycles. The van der Waals surface area contributed by atoms with Crippen molar-refractivity contribution in [3.8, 4) is 0 Å². The monoisotopic (exact) mass is 337 g/mol. The zero-order chi connectivity index (χ0) is 6.41. The molecule has 0 radical (unpaired) electrons. The molecule has 0 aromatic heterocycles. The van der Waals surface area contributed by atoms with Gasteiger partial charge in [0.05, 0.1) is 0 Å². The standard InChI is InChI=1S/C7H14N.2CH3.Pt/c1-4-6-7-8(3)5-2;;;/h4,7H,1,5-6H2,2-3H3;2*1H3;/q3*-1;. The van der Waals surface area contributed by atoms with Gasteiger partial charge in [0.25, 0.3) is 0 Å². The molecule has 0 aromatic carbocycles. The molecule has 0 aromatic rings. The van der Waals surface area contributed by atoms with Crippen LogP contribution in [-0.4, -0.2) is 18.5 Å². The van der Waals surface area contributed by atoms with E-state index in [1.54, 1.807) is 0 Å². The topological polar surface area (TPSA) is 3.24 Å². The van der Waals surface area contributed by atoms with Crippen molar-refractivity contribution in [2.75, 3.05) is 13.6 Å². The molecule has 0 atom stereocenters. The Kier molecular flexibility index (Phi) is 34.3. The molecule has 0 fully saturated rings. The van der Waals surface area contributed by atoms with Crippen molar-refractivity contribution in [1.29, 1.82) is 0 Å². The Bertz CT molecular complexity index is 64.6. The van der Waals surface area contributed by atoms with Gasteiger partial charge in [0.2, 0.25) is 0 Å². The third kappa shape index (κ3) is 17.9. The summed E-state index contributed by atoms with van der Waals surface area (Å²) >= 11 is 0. The molecule has 0 rings (SSSR count). The maximum Gasteiger partial charge on any atom is 0 e. The Labute approximate surface area is 87.1 Å². The van der Waals surface area contributed by atoms with Gasteiger partial charge in [0, 0.05) is 21.1 Å². The summed E-state index contributed by atoms with van der Waals surface area (Å²) in [5.74, 6) is 0. The number of hydrogen-bond donors (Lipinski definition) is 0. The fraction of sp³-hybridized carbons (Fsp3) is 0.444. The summed E-state index contributed by atoms with van der Waals surface area (Å²) in [5.41, 5.74) is 0. The average Bonchev–Trinajstić information content (AvgIpc) is 1.83. The maximum absolute atomic E-state index is 3.61. The number of hydrogen-bond acceptors (Lipinski definition) is 1. The zero-order valence-electron chi connectivity index (χ0n) is 8.04. The molecule has 0 heterocycles. The van der Waals surface area contributed by atoms with E-state index < -0.39 is 0 Å². The van der Waals surface area contributed by atoms with Gasteiger partial charge in [-0.25, -0.2) is 0 Å². The van der Waals surface area contributed by atoms with E-state index in [0.717, 1.165) is 13.0 Å². The molecule has 0 aliphatic rings. The van der Waals surface area contributed by atoms with Gasteiger partial charge in [-0.2, -0.15) is 0 Å². The fourth-order valence-electron chi connectivity index (χ4n) is 0.384. The Morgan fingerprint density at radius 2 is 1.91 bits per heavy atom. The van der Waals surface area contributed by atoms with Crippen LogP contribution in [0.1, 0.15) is 13.3 Å². The Morgan fingerprint density at radius 3 is 2.18 bits per heavy atom. The van der Waals surface area contributed by atoms with Gasteiger partial charge < -0.3 is 19.8 Å². The smallest absolute Gasteiger partial charge is 0 e. The second kappa shape index (κ2) is 16.8. The summed E-state index contributed by atoms with van der Waals surface area (Å²) in [7, 11) is 2.06. The summed E-state index contributed by atoms with van der Waals surface area (Å²) in [5, 5.41) is 0. The van der Waals surface area contributed by atoms with E-state index in [9.17, 15) is 0 Å². The molecule has 0 N–H and O–H groups in total. The molecular formula is C9H20NPt-3. The molecule has 0 bridgehead atoms. The summed E-state index contributed by atoms with van der Waals surface area (Å²) < 4.78 is 0. The molecule has 11 heavy (non-hydrogen) atoms. The van der Waals surface area contributed by atoms with Crippen molar-refractivity contribution in [3.63, 3.8) is 0 Å². The van der Waals surface area contributed by atoms with Gasteiger partial charge in [-0.1, -0.05) is 6.92 Å². The van der Waals surface area contributed by atoms with Gasteiger partial charge in [-0.05, 0) is 13.6 Å². The number of nitrogens with zero attached hydrogens (tertiary/aromatic N) is 1. The predicted octanol–water partition coefficient (Wildman–Crippen LogP) is 2.57. The van der Waals surface area contributed by atoms with E-state index in [2.05, 4.69) is 32.0 Å². The second-order valence-corrected chi connectivity index (χ2v) is 1.78. The third-order valence-corrected chi connectivity index (χ3v) is 1.08. The molecule has 0 aliphatic heterocycles.